The molecule has 0 spiro atoms. The molecule has 1 aromatic heterocycles. The number of ether oxygens (including phenoxy) is 1. The number of nitrogens with one attached hydrogen (secondary N) is 1. The van der Waals surface area contributed by atoms with Gasteiger partial charge in [-0.3, -0.25) is 0 Å². The van der Waals surface area contributed by atoms with Gasteiger partial charge in [0.15, 0.2) is 0 Å². The zero-order chi connectivity index (χ0) is 18.3. The van der Waals surface area contributed by atoms with Gasteiger partial charge in [-0.1, -0.05) is 42.0 Å². The number of alkyl halides is 3. The molecule has 1 aliphatic heterocycles. The molecular weight excluding hydrogens is 365 g/mol. The molecule has 0 saturated carbocycles. The summed E-state index contributed by atoms with van der Waals surface area (Å²) in [4.78, 5) is 7.53. The maximum absolute atomic E-state index is 13.1. The molecule has 7 heteroatoms. The van der Waals surface area contributed by atoms with Gasteiger partial charge in [-0.05, 0) is 24.6 Å². The molecule has 2 atom stereocenters. The molecule has 134 valence electrons. The lowest BCUT2D eigenvalue weighted by Crippen LogP contribution is -2.34. The Hall–Kier alpha value is -2.47. The summed E-state index contributed by atoms with van der Waals surface area (Å²) in [6.07, 6.45) is 6.43. The minimum absolute atomic E-state index is 0.124. The predicted octanol–water partition coefficient (Wildman–Crippen LogP) is 5.67. The predicted molar refractivity (Wildman–Crippen MR) is 94.2 cm³/mol. The van der Waals surface area contributed by atoms with E-state index < -0.39 is 12.3 Å². The van der Waals surface area contributed by atoms with E-state index in [1.807, 2.05) is 24.3 Å². The number of hydrogen-bond donors (Lipinski definition) is 1. The lowest BCUT2D eigenvalue weighted by Gasteiger charge is -2.25. The molecule has 0 bridgehead atoms. The quantitative estimate of drug-likeness (QED) is 0.731. The van der Waals surface area contributed by atoms with Crippen molar-refractivity contribution in [1.29, 1.82) is 0 Å². The van der Waals surface area contributed by atoms with Crippen molar-refractivity contribution in [2.24, 2.45) is 0 Å². The number of imidazole rings is 1. The molecule has 26 heavy (non-hydrogen) atoms. The normalized spacial score (nSPS) is 21.5. The van der Waals surface area contributed by atoms with Gasteiger partial charge >= 0.3 is 6.18 Å². The van der Waals surface area contributed by atoms with Gasteiger partial charge in [0.05, 0.1) is 5.56 Å². The maximum atomic E-state index is 13.1. The summed E-state index contributed by atoms with van der Waals surface area (Å²) >= 11 is 6.14. The summed E-state index contributed by atoms with van der Waals surface area (Å²) in [5, 5.41) is 0.399. The molecule has 2 aliphatic rings. The Morgan fingerprint density at radius 2 is 2.04 bits per heavy atom. The van der Waals surface area contributed by atoms with Crippen LogP contribution in [0.1, 0.15) is 23.6 Å². The van der Waals surface area contributed by atoms with Crippen LogP contribution in [0.25, 0.3) is 17.5 Å². The number of rotatable bonds is 2. The summed E-state index contributed by atoms with van der Waals surface area (Å²) in [5.74, 6) is 0.706. The van der Waals surface area contributed by atoms with Crippen LogP contribution >= 0.6 is 11.6 Å². The van der Waals surface area contributed by atoms with E-state index in [0.29, 0.717) is 22.0 Å². The third kappa shape index (κ3) is 3.17. The minimum Gasteiger partial charge on any atom is -0.475 e. The third-order valence-corrected chi connectivity index (χ3v) is 4.55. The van der Waals surface area contributed by atoms with E-state index in [-0.39, 0.29) is 11.7 Å². The number of nitrogens with zero attached hydrogens (tertiary/aromatic N) is 1. The van der Waals surface area contributed by atoms with E-state index >= 15 is 0 Å². The summed E-state index contributed by atoms with van der Waals surface area (Å²) in [6, 6.07) is 3.13. The Balaban J connectivity index is 1.73. The SMILES string of the molecule is FC(F)(F)C1C=Cc2cc(Cl)cc(-c3ncc(C4C=CC=CC4)[nH]3)c2O1. The molecule has 4 rings (SSSR count). The monoisotopic (exact) mass is 378 g/mol. The molecule has 2 aromatic rings. The van der Waals surface area contributed by atoms with Crippen molar-refractivity contribution in [2.75, 3.05) is 0 Å². The van der Waals surface area contributed by atoms with Crippen LogP contribution in [0.3, 0.4) is 0 Å². The van der Waals surface area contributed by atoms with E-state index in [1.54, 1.807) is 18.3 Å². The fourth-order valence-corrected chi connectivity index (χ4v) is 3.28. The Labute approximate surface area is 152 Å². The molecule has 0 radical (unpaired) electrons. The van der Waals surface area contributed by atoms with Crippen LogP contribution in [0.2, 0.25) is 5.02 Å². The molecule has 1 aliphatic carbocycles. The van der Waals surface area contributed by atoms with Gasteiger partial charge in [-0.15, -0.1) is 0 Å². The van der Waals surface area contributed by atoms with Gasteiger partial charge in [0.1, 0.15) is 11.6 Å². The van der Waals surface area contributed by atoms with Crippen LogP contribution in [0.15, 0.2) is 48.7 Å². The number of hydrogen-bond acceptors (Lipinski definition) is 2. The Kier molecular flexibility index (Phi) is 4.15. The van der Waals surface area contributed by atoms with Crippen LogP contribution < -0.4 is 4.74 Å². The van der Waals surface area contributed by atoms with Gasteiger partial charge in [0.2, 0.25) is 6.10 Å². The lowest BCUT2D eigenvalue weighted by molar-refractivity contribution is -0.180. The van der Waals surface area contributed by atoms with Crippen molar-refractivity contribution in [3.63, 3.8) is 0 Å². The van der Waals surface area contributed by atoms with Crippen molar-refractivity contribution in [2.45, 2.75) is 24.6 Å². The summed E-state index contributed by atoms with van der Waals surface area (Å²) in [6.45, 7) is 0. The summed E-state index contributed by atoms with van der Waals surface area (Å²) < 4.78 is 44.4. The Morgan fingerprint density at radius 3 is 2.77 bits per heavy atom. The van der Waals surface area contributed by atoms with E-state index in [9.17, 15) is 13.2 Å². The number of benzene rings is 1. The van der Waals surface area contributed by atoms with E-state index in [0.717, 1.165) is 18.2 Å². The zero-order valence-corrected chi connectivity index (χ0v) is 14.2. The number of aromatic amines is 1. The van der Waals surface area contributed by atoms with E-state index in [4.69, 9.17) is 16.3 Å². The van der Waals surface area contributed by atoms with Crippen LogP contribution in [-0.2, 0) is 0 Å². The second kappa shape index (κ2) is 6.36. The van der Waals surface area contributed by atoms with Crippen LogP contribution in [0.5, 0.6) is 5.75 Å². The van der Waals surface area contributed by atoms with Crippen molar-refractivity contribution >= 4 is 17.7 Å². The topological polar surface area (TPSA) is 37.9 Å². The highest BCUT2D eigenvalue weighted by Gasteiger charge is 2.42. The van der Waals surface area contributed by atoms with Gasteiger partial charge in [0.25, 0.3) is 0 Å². The molecule has 2 heterocycles. The van der Waals surface area contributed by atoms with Crippen LogP contribution in [0, 0.1) is 0 Å². The average Bonchev–Trinajstić information content (AvgIpc) is 3.10. The smallest absolute Gasteiger partial charge is 0.429 e. The highest BCUT2D eigenvalue weighted by Crippen LogP contribution is 2.41. The molecule has 2 unspecified atom stereocenters. The van der Waals surface area contributed by atoms with Crippen LogP contribution in [-0.4, -0.2) is 22.2 Å². The molecule has 0 amide bonds. The highest BCUT2D eigenvalue weighted by molar-refractivity contribution is 6.31. The lowest BCUT2D eigenvalue weighted by atomic mass is 9.98. The van der Waals surface area contributed by atoms with E-state index in [2.05, 4.69) is 9.97 Å². The number of H-pyrrole nitrogens is 1. The first-order valence-electron chi connectivity index (χ1n) is 8.05. The first-order valence-corrected chi connectivity index (χ1v) is 8.43. The van der Waals surface area contributed by atoms with Gasteiger partial charge in [0, 0.05) is 28.4 Å². The van der Waals surface area contributed by atoms with Crippen molar-refractivity contribution in [3.8, 4) is 17.1 Å². The number of halogens is 4. The molecular formula is C19H14ClF3N2O. The third-order valence-electron chi connectivity index (χ3n) is 4.33. The van der Waals surface area contributed by atoms with Gasteiger partial charge < -0.3 is 9.72 Å². The first-order chi connectivity index (χ1) is 12.4. The second-order valence-electron chi connectivity index (χ2n) is 6.15. The number of allylic oxidation sites excluding steroid dienone is 4. The largest absolute Gasteiger partial charge is 0.475 e. The minimum atomic E-state index is -4.49. The summed E-state index contributed by atoms with van der Waals surface area (Å²) in [5.41, 5.74) is 1.78. The van der Waals surface area contributed by atoms with Gasteiger partial charge in [-0.2, -0.15) is 13.2 Å². The molecule has 1 N–H and O–H groups in total. The van der Waals surface area contributed by atoms with Crippen LogP contribution in [0.4, 0.5) is 13.2 Å². The average molecular weight is 379 g/mol. The highest BCUT2D eigenvalue weighted by atomic mass is 35.5. The summed E-state index contributed by atoms with van der Waals surface area (Å²) in [7, 11) is 0. The van der Waals surface area contributed by atoms with E-state index in [1.165, 1.54) is 6.08 Å². The van der Waals surface area contributed by atoms with Crippen molar-refractivity contribution in [3.05, 3.63) is 65.0 Å². The molecule has 0 saturated heterocycles. The second-order valence-corrected chi connectivity index (χ2v) is 6.59. The fraction of sp³-hybridized carbons (Fsp3) is 0.211. The van der Waals surface area contributed by atoms with Gasteiger partial charge in [-0.25, -0.2) is 4.98 Å². The number of fused-ring (bicyclic) bond motifs is 1. The molecule has 1 aromatic carbocycles. The number of aromatic nitrogens is 2. The fourth-order valence-electron chi connectivity index (χ4n) is 3.05. The Bertz CT molecular complexity index is 927. The molecule has 3 nitrogen and oxygen atoms in total. The maximum Gasteiger partial charge on any atom is 0.429 e. The van der Waals surface area contributed by atoms with Crippen molar-refractivity contribution in [1.82, 2.24) is 9.97 Å². The van der Waals surface area contributed by atoms with Crippen molar-refractivity contribution < 1.29 is 17.9 Å². The standard InChI is InChI=1S/C19H14ClF3N2O/c20-13-8-12-6-7-16(19(21,22)23)26-17(12)14(9-13)18-24-10-15(25-18)11-4-2-1-3-5-11/h1-4,6-11,16H,5H2,(H,24,25). The molecule has 0 fully saturated rings. The first kappa shape index (κ1) is 17.0. The Morgan fingerprint density at radius 1 is 1.19 bits per heavy atom. The zero-order valence-electron chi connectivity index (χ0n) is 13.4.